The van der Waals surface area contributed by atoms with Crippen molar-refractivity contribution >= 4 is 22.7 Å². The van der Waals surface area contributed by atoms with Gasteiger partial charge >= 0.3 is 17.7 Å². The van der Waals surface area contributed by atoms with Gasteiger partial charge in [-0.15, -0.1) is 0 Å². The first kappa shape index (κ1) is 14.6. The van der Waals surface area contributed by atoms with Gasteiger partial charge in [-0.05, 0) is 29.8 Å². The average Bonchev–Trinajstić information content (AvgIpc) is 2.13. The van der Waals surface area contributed by atoms with Crippen molar-refractivity contribution in [2.75, 3.05) is 5.32 Å². The van der Waals surface area contributed by atoms with Gasteiger partial charge in [-0.25, -0.2) is 0 Å². The molecule has 18 heavy (non-hydrogen) atoms. The zero-order valence-electron chi connectivity index (χ0n) is 8.29. The predicted octanol–water partition coefficient (Wildman–Crippen LogP) is 4.49. The van der Waals surface area contributed by atoms with E-state index < -0.39 is 34.5 Å². The first-order valence-corrected chi connectivity index (χ1v) is 4.64. The van der Waals surface area contributed by atoms with E-state index in [2.05, 4.69) is 0 Å². The van der Waals surface area contributed by atoms with Crippen molar-refractivity contribution in [3.63, 3.8) is 0 Å². The van der Waals surface area contributed by atoms with E-state index in [-0.39, 0.29) is 6.07 Å². The molecule has 0 fully saturated rings. The number of alkyl halides is 6. The average molecular weight is 292 g/mol. The van der Waals surface area contributed by atoms with Crippen LogP contribution in [0.25, 0.3) is 0 Å². The lowest BCUT2D eigenvalue weighted by Gasteiger charge is -2.13. The van der Waals surface area contributed by atoms with Crippen molar-refractivity contribution in [3.05, 3.63) is 29.3 Å². The quantitative estimate of drug-likeness (QED) is 0.461. The Morgan fingerprint density at radius 2 is 1.33 bits per heavy atom. The van der Waals surface area contributed by atoms with Gasteiger partial charge in [0.15, 0.2) is 0 Å². The number of rotatable bonds is 1. The lowest BCUT2D eigenvalue weighted by atomic mass is 10.1. The van der Waals surface area contributed by atoms with Gasteiger partial charge in [0.25, 0.3) is 0 Å². The van der Waals surface area contributed by atoms with Crippen LogP contribution in [0.4, 0.5) is 36.8 Å². The minimum absolute atomic E-state index is 0.0517. The number of benzene rings is 1. The zero-order chi connectivity index (χ0) is 14.1. The summed E-state index contributed by atoms with van der Waals surface area (Å²) < 4.78 is 74.2. The molecule has 100 valence electrons. The smallest absolute Gasteiger partial charge is 0.312 e. The summed E-state index contributed by atoms with van der Waals surface area (Å²) in [5.74, 6) is 0. The van der Waals surface area contributed by atoms with E-state index in [9.17, 15) is 31.1 Å². The highest BCUT2D eigenvalue weighted by Gasteiger charge is 2.37. The summed E-state index contributed by atoms with van der Waals surface area (Å²) in [4.78, 5) is 10.4. The standard InChI is InChI=1S/C9H4ClF6NO/c10-7(18)17-6-2-4(8(11,12)13)1-5(3-6)9(14,15)16/h1-3H,(H,17,18). The molecule has 1 aromatic rings. The summed E-state index contributed by atoms with van der Waals surface area (Å²) in [5.41, 5.74) is -3.74. The molecule has 0 heterocycles. The molecule has 0 bridgehead atoms. The van der Waals surface area contributed by atoms with E-state index in [4.69, 9.17) is 11.6 Å². The van der Waals surface area contributed by atoms with Gasteiger partial charge in [0.2, 0.25) is 0 Å². The van der Waals surface area contributed by atoms with Crippen LogP contribution in [-0.2, 0) is 12.4 Å². The zero-order valence-corrected chi connectivity index (χ0v) is 9.04. The van der Waals surface area contributed by atoms with Crippen molar-refractivity contribution < 1.29 is 31.1 Å². The Balaban J connectivity index is 3.34. The largest absolute Gasteiger partial charge is 0.416 e. The summed E-state index contributed by atoms with van der Waals surface area (Å²) in [6.45, 7) is 0. The van der Waals surface area contributed by atoms with Gasteiger partial charge in [0.1, 0.15) is 0 Å². The SMILES string of the molecule is O=C(Cl)Nc1cc(C(F)(F)F)cc(C(F)(F)F)c1. The fourth-order valence-electron chi connectivity index (χ4n) is 1.14. The molecule has 1 amide bonds. The van der Waals surface area contributed by atoms with Crippen molar-refractivity contribution in [1.29, 1.82) is 0 Å². The van der Waals surface area contributed by atoms with Crippen LogP contribution < -0.4 is 5.32 Å². The highest BCUT2D eigenvalue weighted by Crippen LogP contribution is 2.37. The Labute approximate surface area is 102 Å². The molecule has 0 atom stereocenters. The molecule has 0 radical (unpaired) electrons. The predicted molar refractivity (Wildman–Crippen MR) is 51.3 cm³/mol. The molecule has 0 saturated carbocycles. The van der Waals surface area contributed by atoms with Crippen LogP contribution in [-0.4, -0.2) is 5.37 Å². The summed E-state index contributed by atoms with van der Waals surface area (Å²) in [6.07, 6.45) is -9.93. The van der Waals surface area contributed by atoms with E-state index >= 15 is 0 Å². The first-order chi connectivity index (χ1) is 8.00. The van der Waals surface area contributed by atoms with Gasteiger partial charge in [0.05, 0.1) is 11.1 Å². The molecule has 0 aliphatic rings. The van der Waals surface area contributed by atoms with Gasteiger partial charge in [-0.2, -0.15) is 26.3 Å². The Morgan fingerprint density at radius 1 is 0.944 bits per heavy atom. The molecule has 0 saturated heterocycles. The molecule has 2 nitrogen and oxygen atoms in total. The van der Waals surface area contributed by atoms with E-state index in [1.165, 1.54) is 0 Å². The number of carbonyl (C=O) groups is 1. The maximum atomic E-state index is 12.4. The molecule has 0 aromatic heterocycles. The highest BCUT2D eigenvalue weighted by atomic mass is 35.5. The third-order valence-electron chi connectivity index (χ3n) is 1.83. The van der Waals surface area contributed by atoms with Crippen molar-refractivity contribution in [1.82, 2.24) is 0 Å². The lowest BCUT2D eigenvalue weighted by molar-refractivity contribution is -0.143. The topological polar surface area (TPSA) is 29.1 Å². The number of carbonyl (C=O) groups excluding carboxylic acids is 1. The number of halogens is 7. The molecular weight excluding hydrogens is 288 g/mol. The van der Waals surface area contributed by atoms with E-state index in [0.29, 0.717) is 12.1 Å². The first-order valence-electron chi connectivity index (χ1n) is 4.26. The maximum Gasteiger partial charge on any atom is 0.416 e. The Bertz CT molecular complexity index is 435. The number of hydrogen-bond acceptors (Lipinski definition) is 1. The number of amides is 1. The second kappa shape index (κ2) is 4.68. The summed E-state index contributed by atoms with van der Waals surface area (Å²) >= 11 is 4.83. The minimum Gasteiger partial charge on any atom is -0.312 e. The Kier molecular flexibility index (Phi) is 3.80. The highest BCUT2D eigenvalue weighted by molar-refractivity contribution is 6.65. The van der Waals surface area contributed by atoms with Crippen LogP contribution in [0, 0.1) is 0 Å². The van der Waals surface area contributed by atoms with Gasteiger partial charge in [-0.3, -0.25) is 4.79 Å². The molecule has 1 rings (SSSR count). The van der Waals surface area contributed by atoms with E-state index in [1.807, 2.05) is 0 Å². The van der Waals surface area contributed by atoms with Crippen LogP contribution in [0.5, 0.6) is 0 Å². The lowest BCUT2D eigenvalue weighted by Crippen LogP contribution is -2.12. The number of anilines is 1. The minimum atomic E-state index is -4.97. The second-order valence-corrected chi connectivity index (χ2v) is 3.54. The maximum absolute atomic E-state index is 12.4. The molecule has 0 aliphatic heterocycles. The third kappa shape index (κ3) is 3.80. The molecule has 9 heteroatoms. The van der Waals surface area contributed by atoms with Crippen LogP contribution in [0.15, 0.2) is 18.2 Å². The fourth-order valence-corrected chi connectivity index (χ4v) is 1.25. The van der Waals surface area contributed by atoms with Crippen LogP contribution in [0.1, 0.15) is 11.1 Å². The molecule has 0 aliphatic carbocycles. The van der Waals surface area contributed by atoms with Crippen LogP contribution in [0.3, 0.4) is 0 Å². The molecule has 0 unspecified atom stereocenters. The molecule has 1 aromatic carbocycles. The summed E-state index contributed by atoms with van der Waals surface area (Å²) in [7, 11) is 0. The molecule has 1 N–H and O–H groups in total. The van der Waals surface area contributed by atoms with Gasteiger partial charge < -0.3 is 5.32 Å². The third-order valence-corrected chi connectivity index (χ3v) is 1.92. The van der Waals surface area contributed by atoms with Gasteiger partial charge in [-0.1, -0.05) is 0 Å². The monoisotopic (exact) mass is 291 g/mol. The normalized spacial score (nSPS) is 12.4. The Morgan fingerprint density at radius 3 is 1.61 bits per heavy atom. The van der Waals surface area contributed by atoms with E-state index in [0.717, 1.165) is 0 Å². The van der Waals surface area contributed by atoms with Crippen LogP contribution in [0.2, 0.25) is 0 Å². The second-order valence-electron chi connectivity index (χ2n) is 3.19. The number of nitrogens with one attached hydrogen (secondary N) is 1. The fraction of sp³-hybridized carbons (Fsp3) is 0.222. The summed E-state index contributed by atoms with van der Waals surface area (Å²) in [6, 6.07) is 0.662. The Hall–Kier alpha value is -1.44. The van der Waals surface area contributed by atoms with E-state index in [1.54, 1.807) is 5.32 Å². The number of hydrogen-bond donors (Lipinski definition) is 1. The van der Waals surface area contributed by atoms with Crippen molar-refractivity contribution in [2.24, 2.45) is 0 Å². The summed E-state index contributed by atoms with van der Waals surface area (Å²) in [5, 5.41) is 0.367. The molecular formula is C9H4ClF6NO. The molecule has 0 spiro atoms. The van der Waals surface area contributed by atoms with Gasteiger partial charge in [0, 0.05) is 5.69 Å². The van der Waals surface area contributed by atoms with Crippen LogP contribution >= 0.6 is 11.6 Å². The van der Waals surface area contributed by atoms with Crippen molar-refractivity contribution in [3.8, 4) is 0 Å². The van der Waals surface area contributed by atoms with Crippen molar-refractivity contribution in [2.45, 2.75) is 12.4 Å².